The van der Waals surface area contributed by atoms with Gasteiger partial charge >= 0.3 is 0 Å². The van der Waals surface area contributed by atoms with Crippen molar-refractivity contribution in [2.75, 3.05) is 53.0 Å². The minimum Gasteiger partial charge on any atom is -0.490 e. The summed E-state index contributed by atoms with van der Waals surface area (Å²) in [6.07, 6.45) is 1.86. The number of likely N-dealkylation sites (N-methyl/N-ethyl adjacent to an activating group) is 1. The molecule has 0 saturated carbocycles. The highest BCUT2D eigenvalue weighted by atomic mass is 19.1. The number of nitrogens with zero attached hydrogens (tertiary/aromatic N) is 3. The predicted octanol–water partition coefficient (Wildman–Crippen LogP) is 3.26. The van der Waals surface area contributed by atoms with Crippen LogP contribution in [0.25, 0.3) is 0 Å². The van der Waals surface area contributed by atoms with Gasteiger partial charge < -0.3 is 19.1 Å². The van der Waals surface area contributed by atoms with Gasteiger partial charge in [-0.2, -0.15) is 5.10 Å². The molecule has 0 bridgehead atoms. The number of hydrogen-bond acceptors (Lipinski definition) is 6. The standard InChI is InChI=1S/C22H28FN3O3/c1-3-27-22-16-18(17-24-26-12-10-25(2)11-13-26)4-9-21(22)29-15-14-28-20-7-5-19(23)6-8-20/h4-9,16-17H,3,10-15H2,1-2H3/b24-17+. The van der Waals surface area contributed by atoms with Gasteiger partial charge in [0.05, 0.1) is 12.8 Å². The average Bonchev–Trinajstić information content (AvgIpc) is 2.73. The molecule has 7 heteroatoms. The first-order valence-electron chi connectivity index (χ1n) is 9.89. The van der Waals surface area contributed by atoms with Crippen LogP contribution in [0, 0.1) is 5.82 Å². The Morgan fingerprint density at radius 1 is 0.931 bits per heavy atom. The first-order valence-corrected chi connectivity index (χ1v) is 9.89. The number of hydrazone groups is 1. The molecule has 0 atom stereocenters. The summed E-state index contributed by atoms with van der Waals surface area (Å²) in [5.74, 6) is 1.66. The Morgan fingerprint density at radius 3 is 2.38 bits per heavy atom. The van der Waals surface area contributed by atoms with Crippen molar-refractivity contribution in [3.63, 3.8) is 0 Å². The van der Waals surface area contributed by atoms with Crippen molar-refractivity contribution < 1.29 is 18.6 Å². The van der Waals surface area contributed by atoms with Gasteiger partial charge in [0.15, 0.2) is 11.5 Å². The van der Waals surface area contributed by atoms with Crippen molar-refractivity contribution in [2.24, 2.45) is 5.10 Å². The predicted molar refractivity (Wildman–Crippen MR) is 112 cm³/mol. The van der Waals surface area contributed by atoms with Gasteiger partial charge in [0, 0.05) is 26.2 Å². The molecule has 2 aromatic rings. The summed E-state index contributed by atoms with van der Waals surface area (Å²) in [6.45, 7) is 7.09. The molecule has 1 saturated heterocycles. The van der Waals surface area contributed by atoms with Crippen LogP contribution in [-0.4, -0.2) is 69.2 Å². The summed E-state index contributed by atoms with van der Waals surface area (Å²) in [4.78, 5) is 2.30. The smallest absolute Gasteiger partial charge is 0.161 e. The van der Waals surface area contributed by atoms with E-state index in [9.17, 15) is 4.39 Å². The van der Waals surface area contributed by atoms with Gasteiger partial charge in [-0.05, 0) is 62.0 Å². The van der Waals surface area contributed by atoms with Crippen LogP contribution in [-0.2, 0) is 0 Å². The lowest BCUT2D eigenvalue weighted by Gasteiger charge is -2.30. The van der Waals surface area contributed by atoms with E-state index in [1.54, 1.807) is 12.1 Å². The highest BCUT2D eigenvalue weighted by molar-refractivity contribution is 5.80. The Kier molecular flexibility index (Phi) is 7.69. The minimum atomic E-state index is -0.286. The fourth-order valence-corrected chi connectivity index (χ4v) is 2.89. The lowest BCUT2D eigenvalue weighted by Crippen LogP contribution is -2.41. The minimum absolute atomic E-state index is 0.286. The van der Waals surface area contributed by atoms with E-state index < -0.39 is 0 Å². The van der Waals surface area contributed by atoms with Crippen LogP contribution in [0.5, 0.6) is 17.2 Å². The van der Waals surface area contributed by atoms with E-state index in [0.717, 1.165) is 31.7 Å². The first-order chi connectivity index (χ1) is 14.1. The van der Waals surface area contributed by atoms with Gasteiger partial charge in [-0.3, -0.25) is 5.01 Å². The molecule has 3 rings (SSSR count). The molecule has 0 unspecified atom stereocenters. The molecule has 0 N–H and O–H groups in total. The van der Waals surface area contributed by atoms with Crippen LogP contribution in [0.2, 0.25) is 0 Å². The third-order valence-corrected chi connectivity index (χ3v) is 4.54. The van der Waals surface area contributed by atoms with Crippen LogP contribution in [0.1, 0.15) is 12.5 Å². The Labute approximate surface area is 171 Å². The molecule has 29 heavy (non-hydrogen) atoms. The second-order valence-corrected chi connectivity index (χ2v) is 6.79. The topological polar surface area (TPSA) is 46.5 Å². The molecule has 6 nitrogen and oxygen atoms in total. The summed E-state index contributed by atoms with van der Waals surface area (Å²) in [5, 5.41) is 6.65. The second kappa shape index (κ2) is 10.7. The SMILES string of the molecule is CCOc1cc(/C=N/N2CCN(C)CC2)ccc1OCCOc1ccc(F)cc1. The number of hydrogen-bond donors (Lipinski definition) is 0. The molecule has 1 aliphatic rings. The largest absolute Gasteiger partial charge is 0.490 e. The molecule has 0 radical (unpaired) electrons. The highest BCUT2D eigenvalue weighted by Gasteiger charge is 2.11. The number of rotatable bonds is 9. The molecule has 0 spiro atoms. The molecule has 0 aromatic heterocycles. The number of ether oxygens (including phenoxy) is 3. The van der Waals surface area contributed by atoms with Crippen molar-refractivity contribution in [2.45, 2.75) is 6.92 Å². The Morgan fingerprint density at radius 2 is 1.66 bits per heavy atom. The summed E-state index contributed by atoms with van der Waals surface area (Å²) in [7, 11) is 2.12. The number of benzene rings is 2. The van der Waals surface area contributed by atoms with Crippen molar-refractivity contribution in [1.29, 1.82) is 0 Å². The van der Waals surface area contributed by atoms with Crippen molar-refractivity contribution >= 4 is 6.21 Å². The molecule has 2 aromatic carbocycles. The molecule has 1 heterocycles. The maximum absolute atomic E-state index is 12.9. The van der Waals surface area contributed by atoms with Gasteiger partial charge in [-0.25, -0.2) is 4.39 Å². The van der Waals surface area contributed by atoms with Crippen LogP contribution in [0.4, 0.5) is 4.39 Å². The Bertz CT molecular complexity index is 790. The zero-order valence-corrected chi connectivity index (χ0v) is 17.0. The molecular weight excluding hydrogens is 373 g/mol. The number of halogens is 1. The van der Waals surface area contributed by atoms with E-state index in [4.69, 9.17) is 14.2 Å². The monoisotopic (exact) mass is 401 g/mol. The van der Waals surface area contributed by atoms with Crippen LogP contribution >= 0.6 is 0 Å². The first kappa shape index (κ1) is 20.9. The summed E-state index contributed by atoms with van der Waals surface area (Å²) in [6, 6.07) is 11.7. The molecule has 156 valence electrons. The lowest BCUT2D eigenvalue weighted by atomic mass is 10.2. The average molecular weight is 401 g/mol. The van der Waals surface area contributed by atoms with E-state index in [1.807, 2.05) is 31.3 Å². The Balaban J connectivity index is 1.53. The summed E-state index contributed by atoms with van der Waals surface area (Å²) in [5.41, 5.74) is 0.960. The third-order valence-electron chi connectivity index (χ3n) is 4.54. The number of piperazine rings is 1. The molecule has 0 amide bonds. The van der Waals surface area contributed by atoms with Gasteiger partial charge in [-0.15, -0.1) is 0 Å². The van der Waals surface area contributed by atoms with Crippen LogP contribution in [0.3, 0.4) is 0 Å². The molecular formula is C22H28FN3O3. The zero-order valence-electron chi connectivity index (χ0n) is 17.0. The van der Waals surface area contributed by atoms with Gasteiger partial charge in [0.1, 0.15) is 24.8 Å². The van der Waals surface area contributed by atoms with Crippen LogP contribution < -0.4 is 14.2 Å². The van der Waals surface area contributed by atoms with E-state index in [0.29, 0.717) is 37.1 Å². The van der Waals surface area contributed by atoms with Gasteiger partial charge in [0.2, 0.25) is 0 Å². The highest BCUT2D eigenvalue weighted by Crippen LogP contribution is 2.28. The fraction of sp³-hybridized carbons (Fsp3) is 0.409. The van der Waals surface area contributed by atoms with Gasteiger partial charge in [0.25, 0.3) is 0 Å². The maximum Gasteiger partial charge on any atom is 0.161 e. The van der Waals surface area contributed by atoms with Gasteiger partial charge in [-0.1, -0.05) is 0 Å². The normalized spacial score (nSPS) is 14.9. The van der Waals surface area contributed by atoms with Crippen molar-refractivity contribution in [3.05, 3.63) is 53.8 Å². The van der Waals surface area contributed by atoms with E-state index >= 15 is 0 Å². The molecule has 1 fully saturated rings. The van der Waals surface area contributed by atoms with E-state index in [-0.39, 0.29) is 5.82 Å². The quantitative estimate of drug-likeness (QED) is 0.477. The summed E-state index contributed by atoms with van der Waals surface area (Å²) < 4.78 is 30.0. The zero-order chi connectivity index (χ0) is 20.5. The van der Waals surface area contributed by atoms with Crippen LogP contribution in [0.15, 0.2) is 47.6 Å². The molecule has 1 aliphatic heterocycles. The third kappa shape index (κ3) is 6.64. The van der Waals surface area contributed by atoms with Crippen molar-refractivity contribution in [1.82, 2.24) is 9.91 Å². The van der Waals surface area contributed by atoms with Crippen molar-refractivity contribution in [3.8, 4) is 17.2 Å². The van der Waals surface area contributed by atoms with E-state index in [1.165, 1.54) is 12.1 Å². The Hall–Kier alpha value is -2.80. The fourth-order valence-electron chi connectivity index (χ4n) is 2.89. The second-order valence-electron chi connectivity index (χ2n) is 6.79. The van der Waals surface area contributed by atoms with E-state index in [2.05, 4.69) is 22.1 Å². The molecule has 0 aliphatic carbocycles. The maximum atomic E-state index is 12.9. The lowest BCUT2D eigenvalue weighted by molar-refractivity contribution is 0.159. The summed E-state index contributed by atoms with van der Waals surface area (Å²) >= 11 is 0.